The monoisotopic (exact) mass is 408 g/mol. The summed E-state index contributed by atoms with van der Waals surface area (Å²) in [6.07, 6.45) is 6.22. The van der Waals surface area contributed by atoms with Crippen molar-refractivity contribution in [1.29, 1.82) is 0 Å². The number of fused-ring (bicyclic) bond motifs is 5. The molecule has 4 aliphatic carbocycles. The normalized spacial score (nSPS) is 52.5. The fourth-order valence-corrected chi connectivity index (χ4v) is 7.78. The summed E-state index contributed by atoms with van der Waals surface area (Å²) in [6.45, 7) is 4.97. The minimum Gasteiger partial charge on any atom is -0.391 e. The fraction of sp³-hybridized carbons (Fsp3) is 0.727. The molecule has 5 nitrogen and oxygen atoms in total. The number of hydrogen-bond acceptors (Lipinski definition) is 5. The van der Waals surface area contributed by atoms with Crippen LogP contribution in [-0.4, -0.2) is 50.1 Å². The average Bonchev–Trinajstić information content (AvgIpc) is 2.84. The largest absolute Gasteiger partial charge is 0.391 e. The van der Waals surface area contributed by atoms with Gasteiger partial charge < -0.3 is 15.3 Å². The Morgan fingerprint density at radius 1 is 1.32 bits per heavy atom. The zero-order chi connectivity index (χ0) is 20.7. The number of carbonyl (C=O) groups excluding carboxylic acids is 2. The molecule has 8 atom stereocenters. The summed E-state index contributed by atoms with van der Waals surface area (Å²) in [7, 11) is 0. The Hall–Kier alpha value is -1.01. The van der Waals surface area contributed by atoms with Gasteiger partial charge in [0.15, 0.2) is 11.6 Å². The van der Waals surface area contributed by atoms with E-state index in [0.29, 0.717) is 19.3 Å². The molecule has 4 rings (SSSR count). The molecular weight excluding hydrogens is 380 g/mol. The van der Waals surface area contributed by atoms with E-state index in [9.17, 15) is 24.9 Å². The van der Waals surface area contributed by atoms with E-state index in [2.05, 4.69) is 0 Å². The molecule has 0 amide bonds. The highest BCUT2D eigenvalue weighted by molar-refractivity contribution is 6.26. The second-order valence-corrected chi connectivity index (χ2v) is 10.4. The van der Waals surface area contributed by atoms with Crippen molar-refractivity contribution in [3.05, 3.63) is 23.8 Å². The summed E-state index contributed by atoms with van der Waals surface area (Å²) in [5, 5.41) is 32.3. The molecule has 0 heterocycles. The van der Waals surface area contributed by atoms with Crippen molar-refractivity contribution in [3.8, 4) is 0 Å². The Morgan fingerprint density at radius 2 is 2.00 bits per heavy atom. The molecule has 3 fully saturated rings. The third-order valence-corrected chi connectivity index (χ3v) is 9.72. The topological polar surface area (TPSA) is 94.8 Å². The van der Waals surface area contributed by atoms with E-state index < -0.39 is 39.8 Å². The van der Waals surface area contributed by atoms with Crippen LogP contribution < -0.4 is 0 Å². The van der Waals surface area contributed by atoms with Gasteiger partial charge in [-0.3, -0.25) is 9.59 Å². The molecule has 28 heavy (non-hydrogen) atoms. The Morgan fingerprint density at radius 3 is 2.64 bits per heavy atom. The van der Waals surface area contributed by atoms with Crippen LogP contribution in [0.3, 0.4) is 0 Å². The lowest BCUT2D eigenvalue weighted by atomic mass is 9.45. The number of Topliss-reactive ketones (excluding diaryl/α,β-unsaturated/α-hetero) is 1. The zero-order valence-corrected chi connectivity index (χ0v) is 17.4. The molecule has 0 saturated heterocycles. The molecule has 0 aromatic rings. The van der Waals surface area contributed by atoms with Gasteiger partial charge in [-0.25, -0.2) is 0 Å². The maximum atomic E-state index is 12.6. The van der Waals surface area contributed by atoms with Crippen LogP contribution in [0.5, 0.6) is 0 Å². The minimum atomic E-state index is -1.68. The fourth-order valence-electron chi connectivity index (χ4n) is 7.26. The summed E-state index contributed by atoms with van der Waals surface area (Å²) >= 11 is 7.30. The van der Waals surface area contributed by atoms with Gasteiger partial charge in [-0.15, -0.1) is 11.6 Å². The van der Waals surface area contributed by atoms with Gasteiger partial charge in [-0.2, -0.15) is 0 Å². The molecule has 7 unspecified atom stereocenters. The number of rotatable bonds is 2. The molecule has 0 bridgehead atoms. The van der Waals surface area contributed by atoms with Crippen molar-refractivity contribution in [2.24, 2.45) is 28.6 Å². The molecule has 3 N–H and O–H groups in total. The van der Waals surface area contributed by atoms with E-state index in [0.717, 1.165) is 5.57 Å². The Balaban J connectivity index is 1.84. The van der Waals surface area contributed by atoms with Crippen molar-refractivity contribution in [2.75, 3.05) is 6.61 Å². The highest BCUT2D eigenvalue weighted by Crippen LogP contribution is 2.71. The van der Waals surface area contributed by atoms with E-state index in [1.807, 2.05) is 26.8 Å². The van der Waals surface area contributed by atoms with Crippen molar-refractivity contribution >= 4 is 23.2 Å². The van der Waals surface area contributed by atoms with Gasteiger partial charge in [0, 0.05) is 10.8 Å². The van der Waals surface area contributed by atoms with Crippen LogP contribution in [0, 0.1) is 28.6 Å². The Kier molecular flexibility index (Phi) is 4.35. The molecule has 6 heteroatoms. The predicted molar refractivity (Wildman–Crippen MR) is 105 cm³/mol. The van der Waals surface area contributed by atoms with Crippen LogP contribution in [0.15, 0.2) is 23.8 Å². The van der Waals surface area contributed by atoms with Crippen LogP contribution in [0.25, 0.3) is 0 Å². The second kappa shape index (κ2) is 6.00. The lowest BCUT2D eigenvalue weighted by molar-refractivity contribution is -0.179. The van der Waals surface area contributed by atoms with Gasteiger partial charge in [-0.1, -0.05) is 32.4 Å². The quantitative estimate of drug-likeness (QED) is 0.608. The number of ketones is 2. The van der Waals surface area contributed by atoms with E-state index in [1.165, 1.54) is 6.08 Å². The number of aliphatic hydroxyl groups is 3. The lowest BCUT2D eigenvalue weighted by Gasteiger charge is -2.63. The molecule has 0 aromatic heterocycles. The maximum absolute atomic E-state index is 12.6. The first-order valence-corrected chi connectivity index (χ1v) is 10.5. The lowest BCUT2D eigenvalue weighted by Crippen LogP contribution is -2.69. The second-order valence-electron chi connectivity index (χ2n) is 9.75. The average molecular weight is 409 g/mol. The standard InChI is InChI=1S/C22H29ClO5/c1-12-8-16-15-5-4-13-9-14(25)6-7-19(13,2)21(15,23)17(26)10-20(16,3)22(12,28)18(27)11-24/h6-7,9,12,15-17,24,26,28H,4-5,8,10-11H2,1-3H3/t12?,15?,16?,17?,19?,20?,21-,22?/m0/s1. The molecule has 0 spiro atoms. The molecular formula is C22H29ClO5. The van der Waals surface area contributed by atoms with Gasteiger partial charge in [0.2, 0.25) is 0 Å². The highest BCUT2D eigenvalue weighted by Gasteiger charge is 2.74. The first-order chi connectivity index (χ1) is 13.0. The van der Waals surface area contributed by atoms with E-state index >= 15 is 0 Å². The Bertz CT molecular complexity index is 805. The molecule has 0 aromatic carbocycles. The highest BCUT2D eigenvalue weighted by atomic mass is 35.5. The van der Waals surface area contributed by atoms with Crippen molar-refractivity contribution < 1.29 is 24.9 Å². The summed E-state index contributed by atoms with van der Waals surface area (Å²) in [5.74, 6) is -1.15. The maximum Gasteiger partial charge on any atom is 0.190 e. The summed E-state index contributed by atoms with van der Waals surface area (Å²) in [4.78, 5) is 23.5. The summed E-state index contributed by atoms with van der Waals surface area (Å²) in [5.41, 5.74) is -2.25. The van der Waals surface area contributed by atoms with Crippen molar-refractivity contribution in [3.63, 3.8) is 0 Å². The number of alkyl halides is 1. The zero-order valence-electron chi connectivity index (χ0n) is 16.6. The number of allylic oxidation sites excluding steroid dienone is 4. The molecule has 3 saturated carbocycles. The van der Waals surface area contributed by atoms with Gasteiger partial charge in [-0.05, 0) is 55.6 Å². The molecule has 0 radical (unpaired) electrons. The predicted octanol–water partition coefficient (Wildman–Crippen LogP) is 2.17. The molecule has 4 aliphatic rings. The Labute approximate surface area is 170 Å². The van der Waals surface area contributed by atoms with Crippen LogP contribution in [0.4, 0.5) is 0 Å². The third kappa shape index (κ3) is 2.09. The number of aliphatic hydroxyl groups excluding tert-OH is 2. The van der Waals surface area contributed by atoms with Crippen LogP contribution in [0.1, 0.15) is 46.5 Å². The number of carbonyl (C=O) groups is 2. The van der Waals surface area contributed by atoms with E-state index in [4.69, 9.17) is 11.6 Å². The first-order valence-electron chi connectivity index (χ1n) is 10.1. The van der Waals surface area contributed by atoms with Gasteiger partial charge >= 0.3 is 0 Å². The minimum absolute atomic E-state index is 0.0567. The SMILES string of the molecule is CC1CC2C3CCC4=CC(=O)C=CC4(C)[C@@]3(Cl)C(O)CC2(C)C1(O)C(=O)CO. The van der Waals surface area contributed by atoms with Gasteiger partial charge in [0.25, 0.3) is 0 Å². The summed E-state index contributed by atoms with van der Waals surface area (Å²) < 4.78 is 0. The smallest absolute Gasteiger partial charge is 0.190 e. The van der Waals surface area contributed by atoms with Crippen LogP contribution >= 0.6 is 11.6 Å². The van der Waals surface area contributed by atoms with E-state index in [-0.39, 0.29) is 30.0 Å². The third-order valence-electron chi connectivity index (χ3n) is 8.79. The van der Waals surface area contributed by atoms with Gasteiger partial charge in [0.05, 0.1) is 11.0 Å². The number of halogens is 1. The first kappa shape index (κ1) is 20.3. The molecule has 154 valence electrons. The van der Waals surface area contributed by atoms with Crippen molar-refractivity contribution in [2.45, 2.75) is 63.0 Å². The van der Waals surface area contributed by atoms with Gasteiger partial charge in [0.1, 0.15) is 12.2 Å². The van der Waals surface area contributed by atoms with Crippen molar-refractivity contribution in [1.82, 2.24) is 0 Å². The van der Waals surface area contributed by atoms with Crippen LogP contribution in [-0.2, 0) is 9.59 Å². The number of hydrogen-bond donors (Lipinski definition) is 3. The summed E-state index contributed by atoms with van der Waals surface area (Å²) in [6, 6.07) is 0. The van der Waals surface area contributed by atoms with Crippen LogP contribution in [0.2, 0.25) is 0 Å². The van der Waals surface area contributed by atoms with E-state index in [1.54, 1.807) is 6.08 Å². The molecule has 0 aliphatic heterocycles.